The van der Waals surface area contributed by atoms with Gasteiger partial charge in [-0.15, -0.1) is 11.3 Å². The van der Waals surface area contributed by atoms with Gasteiger partial charge in [0.2, 0.25) is 0 Å². The van der Waals surface area contributed by atoms with E-state index in [0.717, 1.165) is 4.88 Å². The summed E-state index contributed by atoms with van der Waals surface area (Å²) in [6.07, 6.45) is 2.79. The van der Waals surface area contributed by atoms with E-state index >= 15 is 0 Å². The molecule has 0 radical (unpaired) electrons. The van der Waals surface area contributed by atoms with E-state index in [0.29, 0.717) is 5.56 Å². The van der Waals surface area contributed by atoms with Crippen molar-refractivity contribution >= 4 is 41.6 Å². The van der Waals surface area contributed by atoms with Gasteiger partial charge in [-0.2, -0.15) is 10.2 Å². The van der Waals surface area contributed by atoms with Crippen LogP contribution in [0.2, 0.25) is 0 Å². The molecule has 9 heteroatoms. The van der Waals surface area contributed by atoms with Crippen molar-refractivity contribution in [3.05, 3.63) is 52.2 Å². The SMILES string of the molecule is N/C([S-])=N\N=C\c1cccs1.O/N=C/c1ccccc1O.[Cu+]. The first-order valence-corrected chi connectivity index (χ1v) is 6.94. The number of aromatic hydroxyl groups is 1. The van der Waals surface area contributed by atoms with Gasteiger partial charge in [0, 0.05) is 10.4 Å². The van der Waals surface area contributed by atoms with Crippen molar-refractivity contribution in [3.63, 3.8) is 0 Å². The number of benzene rings is 1. The minimum Gasteiger partial charge on any atom is -0.741 e. The molecule has 1 heterocycles. The Morgan fingerprint density at radius 1 is 1.18 bits per heavy atom. The minimum absolute atomic E-state index is 0. The van der Waals surface area contributed by atoms with Gasteiger partial charge in [-0.05, 0) is 28.7 Å². The Hall–Kier alpha value is -1.93. The molecular formula is C13H13CuN4O2S2. The molecule has 0 amide bonds. The van der Waals surface area contributed by atoms with Crippen LogP contribution >= 0.6 is 11.3 Å². The fraction of sp³-hybridized carbons (Fsp3) is 0. The van der Waals surface area contributed by atoms with Gasteiger partial charge in [0.15, 0.2) is 0 Å². The van der Waals surface area contributed by atoms with E-state index in [4.69, 9.17) is 16.0 Å². The van der Waals surface area contributed by atoms with Gasteiger partial charge in [-0.3, -0.25) is 0 Å². The van der Waals surface area contributed by atoms with Crippen LogP contribution in [0.5, 0.6) is 5.75 Å². The van der Waals surface area contributed by atoms with Crippen molar-refractivity contribution < 1.29 is 27.4 Å². The summed E-state index contributed by atoms with van der Waals surface area (Å²) < 4.78 is 0. The molecule has 6 nitrogen and oxygen atoms in total. The van der Waals surface area contributed by atoms with Gasteiger partial charge in [0.1, 0.15) is 5.75 Å². The van der Waals surface area contributed by atoms with Crippen LogP contribution in [0.4, 0.5) is 0 Å². The average Bonchev–Trinajstić information content (AvgIpc) is 2.95. The van der Waals surface area contributed by atoms with Gasteiger partial charge >= 0.3 is 17.1 Å². The van der Waals surface area contributed by atoms with Crippen molar-refractivity contribution in [1.29, 1.82) is 0 Å². The van der Waals surface area contributed by atoms with Crippen LogP contribution in [-0.4, -0.2) is 27.9 Å². The maximum absolute atomic E-state index is 9.04. The molecular weight excluding hydrogens is 372 g/mol. The van der Waals surface area contributed by atoms with Gasteiger partial charge in [0.05, 0.1) is 12.4 Å². The van der Waals surface area contributed by atoms with Crippen LogP contribution in [0.1, 0.15) is 10.4 Å². The predicted octanol–water partition coefficient (Wildman–Crippen LogP) is 2.14. The van der Waals surface area contributed by atoms with Crippen LogP contribution in [0.25, 0.3) is 0 Å². The first kappa shape index (κ1) is 20.1. The fourth-order valence-corrected chi connectivity index (χ4v) is 1.79. The summed E-state index contributed by atoms with van der Waals surface area (Å²) in [6, 6.07) is 10.5. The zero-order chi connectivity index (χ0) is 15.5. The topological polar surface area (TPSA) is 104 Å². The number of nitrogens with zero attached hydrogens (tertiary/aromatic N) is 3. The zero-order valence-corrected chi connectivity index (χ0v) is 13.7. The molecule has 0 aliphatic rings. The minimum atomic E-state index is 0. The van der Waals surface area contributed by atoms with Crippen molar-refractivity contribution in [3.8, 4) is 5.75 Å². The van der Waals surface area contributed by atoms with Crippen LogP contribution in [-0.2, 0) is 29.7 Å². The molecule has 0 aliphatic carbocycles. The van der Waals surface area contributed by atoms with Crippen LogP contribution in [0, 0.1) is 0 Å². The number of phenolic OH excluding ortho intramolecular Hbond substituents is 1. The summed E-state index contributed by atoms with van der Waals surface area (Å²) in [5, 5.41) is 29.1. The summed E-state index contributed by atoms with van der Waals surface area (Å²) in [5.41, 5.74) is 5.59. The molecule has 0 saturated carbocycles. The van der Waals surface area contributed by atoms with E-state index in [1.54, 1.807) is 35.8 Å². The second kappa shape index (κ2) is 11.7. The molecule has 1 aromatic heterocycles. The smallest absolute Gasteiger partial charge is 0.741 e. The maximum atomic E-state index is 9.04. The first-order chi connectivity index (χ1) is 10.1. The Balaban J connectivity index is 0.000000385. The zero-order valence-electron chi connectivity index (χ0n) is 11.1. The third-order valence-corrected chi connectivity index (χ3v) is 2.91. The van der Waals surface area contributed by atoms with Crippen molar-refractivity contribution in [2.24, 2.45) is 21.1 Å². The van der Waals surface area contributed by atoms with Gasteiger partial charge in [-0.1, -0.05) is 23.4 Å². The molecule has 2 rings (SSSR count). The summed E-state index contributed by atoms with van der Waals surface area (Å²) in [7, 11) is 0. The Morgan fingerprint density at radius 2 is 1.91 bits per heavy atom. The molecule has 120 valence electrons. The number of oxime groups is 1. The molecule has 0 aliphatic heterocycles. The summed E-state index contributed by atoms with van der Waals surface area (Å²) in [6.45, 7) is 0. The first-order valence-electron chi connectivity index (χ1n) is 5.66. The molecule has 0 spiro atoms. The maximum Gasteiger partial charge on any atom is 1.00 e. The number of thiophene rings is 1. The standard InChI is InChI=1S/C7H7NO2.C6H7N3S2.Cu/c9-7-4-2-1-3-6(7)5-8-10;7-6(10)9-8-4-5-2-1-3-11-5;/h1-5,9-10H;1-4H,(H3,7,9,10);/q;;+1/p-1/b8-5+;8-4+;. The summed E-state index contributed by atoms with van der Waals surface area (Å²) in [4.78, 5) is 1.03. The number of hydrogen-bond donors (Lipinski definition) is 3. The van der Waals surface area contributed by atoms with Crippen molar-refractivity contribution in [2.45, 2.75) is 0 Å². The van der Waals surface area contributed by atoms with Crippen molar-refractivity contribution in [1.82, 2.24) is 0 Å². The van der Waals surface area contributed by atoms with Crippen LogP contribution in [0.3, 0.4) is 0 Å². The largest absolute Gasteiger partial charge is 1.00 e. The van der Waals surface area contributed by atoms with Crippen molar-refractivity contribution in [2.75, 3.05) is 0 Å². The molecule has 1 aromatic carbocycles. The van der Waals surface area contributed by atoms with Gasteiger partial charge in [-0.25, -0.2) is 0 Å². The third kappa shape index (κ3) is 8.38. The quantitative estimate of drug-likeness (QED) is 0.188. The second-order valence-corrected chi connectivity index (χ2v) is 4.90. The van der Waals surface area contributed by atoms with Crippen LogP contribution < -0.4 is 5.73 Å². The third-order valence-electron chi connectivity index (χ3n) is 2.02. The van der Waals surface area contributed by atoms with E-state index in [2.05, 4.69) is 28.0 Å². The molecule has 0 unspecified atom stereocenters. The Morgan fingerprint density at radius 3 is 2.45 bits per heavy atom. The normalized spacial score (nSPS) is 11.0. The van der Waals surface area contributed by atoms with E-state index < -0.39 is 0 Å². The summed E-state index contributed by atoms with van der Waals surface area (Å²) >= 11 is 6.07. The Bertz CT molecular complexity index is 627. The average molecular weight is 385 g/mol. The molecule has 0 atom stereocenters. The predicted molar refractivity (Wildman–Crippen MR) is 88.4 cm³/mol. The van der Waals surface area contributed by atoms with E-state index in [9.17, 15) is 0 Å². The Labute approximate surface area is 148 Å². The number of hydrogen-bond acceptors (Lipinski definition) is 7. The number of para-hydroxylation sites is 1. The van der Waals surface area contributed by atoms with E-state index in [1.165, 1.54) is 12.3 Å². The molecule has 0 bridgehead atoms. The fourth-order valence-electron chi connectivity index (χ4n) is 1.17. The summed E-state index contributed by atoms with van der Waals surface area (Å²) in [5.74, 6) is 0.111. The monoisotopic (exact) mass is 384 g/mol. The van der Waals surface area contributed by atoms with Gasteiger partial charge < -0.3 is 28.7 Å². The van der Waals surface area contributed by atoms with E-state index in [1.807, 2.05) is 17.5 Å². The molecule has 0 saturated heterocycles. The number of phenols is 1. The van der Waals surface area contributed by atoms with Gasteiger partial charge in [0.25, 0.3) is 0 Å². The number of rotatable bonds is 3. The Kier molecular flexibility index (Phi) is 10.7. The van der Waals surface area contributed by atoms with E-state index in [-0.39, 0.29) is 28.0 Å². The molecule has 2 aromatic rings. The molecule has 4 N–H and O–H groups in total. The second-order valence-electron chi connectivity index (χ2n) is 3.50. The molecule has 22 heavy (non-hydrogen) atoms. The number of nitrogens with two attached hydrogens (primary N) is 1. The van der Waals surface area contributed by atoms with Crippen LogP contribution in [0.15, 0.2) is 57.1 Å². The molecule has 0 fully saturated rings. The number of amidine groups is 1.